The Kier molecular flexibility index (Phi) is 31.6. The Morgan fingerprint density at radius 3 is 1.70 bits per heavy atom. The molecule has 0 aromatic heterocycles. The molecule has 79 heavy (non-hydrogen) atoms. The Labute approximate surface area is 468 Å². The lowest BCUT2D eigenvalue weighted by molar-refractivity contribution is -0.155. The molecule has 1 heterocycles. The molecule has 3 aromatic rings. The molecule has 0 spiro atoms. The van der Waals surface area contributed by atoms with E-state index < -0.39 is 48.2 Å². The van der Waals surface area contributed by atoms with Crippen LogP contribution in [0.3, 0.4) is 0 Å². The number of methoxy groups -OCH3 is 2. The molecule has 4 rings (SSSR count). The largest absolute Gasteiger partial charge is 0.500 e. The van der Waals surface area contributed by atoms with Gasteiger partial charge in [0.15, 0.2) is 7.00 Å². The number of amides is 1. The van der Waals surface area contributed by atoms with E-state index in [0.29, 0.717) is 69.6 Å². The Bertz CT molecular complexity index is 2350. The molecule has 6 atom stereocenters. The van der Waals surface area contributed by atoms with Crippen LogP contribution in [0.2, 0.25) is 6.04 Å². The third kappa shape index (κ3) is 23.0. The van der Waals surface area contributed by atoms with E-state index in [4.69, 9.17) is 79.4 Å². The highest BCUT2D eigenvalue weighted by atomic mass is 31.2. The number of carbonyl (C=O) groups excluding carboxylic acids is 2. The molecule has 27 heteroatoms. The van der Waals surface area contributed by atoms with Crippen molar-refractivity contribution in [3.63, 3.8) is 0 Å². The number of hydrogen-bond donors (Lipinski definition) is 1. The van der Waals surface area contributed by atoms with E-state index in [9.17, 15) is 18.7 Å². The van der Waals surface area contributed by atoms with Crippen LogP contribution in [0.15, 0.2) is 78.9 Å². The van der Waals surface area contributed by atoms with Gasteiger partial charge in [-0.15, -0.1) is 0 Å². The lowest BCUT2D eigenvalue weighted by atomic mass is 9.80. The molecule has 436 valence electrons. The van der Waals surface area contributed by atoms with Crippen molar-refractivity contribution in [2.45, 2.75) is 94.1 Å². The molecule has 1 amide bonds. The SMILES string of the molecule is COc1ccc(C(OC[C@H]2O[C@@H](BP)CC2OC(=O)CCC(=O)NCCCCCCOP(=O)(OCCC#N)OCCOCCOP(=O)(OCCC#N)OCCC[Si](OC)(OC)OC)(c2ccccc2)c2ccc(OC)cc2)cc1. The molecule has 4 unspecified atom stereocenters. The molecule has 0 saturated carbocycles. The Balaban J connectivity index is 1.17. The van der Waals surface area contributed by atoms with Crippen LogP contribution in [0.1, 0.15) is 80.9 Å². The molecule has 1 fully saturated rings. The molecular formula is C52H77BN3O19P3Si. The van der Waals surface area contributed by atoms with Crippen LogP contribution in [0, 0.1) is 22.7 Å². The lowest BCUT2D eigenvalue weighted by Crippen LogP contribution is -2.42. The van der Waals surface area contributed by atoms with E-state index in [2.05, 4.69) is 14.4 Å². The second-order valence-corrected chi connectivity index (χ2v) is 24.5. The van der Waals surface area contributed by atoms with Crippen LogP contribution in [-0.2, 0) is 83.7 Å². The zero-order valence-corrected chi connectivity index (χ0v) is 49.9. The average Bonchev–Trinajstić information content (AvgIpc) is 3.93. The standard InChI is InChI=1S/C52H77BN3O19P3Si/c1-61-45-22-18-43(19-23-45)52(42-16-9-8-10-17-42,44-20-24-46(62-2)25-21-44)67-41-48-47(40-49(53-76)74-48)75-51(58)27-26-50(57)56-30-11-6-7-12-31-68-77(59,69-32-13-28-54)72-37-35-66-36-38-73-78(60,70-33-14-29-55)71-34-15-39-79(63-3,64-4)65-5/h8-10,16-25,47-49,53H,6-7,11-15,26-27,30-41,76H2,1-5H3,(H,56,57)/t47?,48-,49-,77?,78?/m1/s1. The van der Waals surface area contributed by atoms with E-state index in [1.807, 2.05) is 91.0 Å². The molecule has 1 aliphatic rings. The Hall–Kier alpha value is -4.13. The van der Waals surface area contributed by atoms with Crippen LogP contribution in [-0.4, -0.2) is 147 Å². The summed E-state index contributed by atoms with van der Waals surface area (Å²) in [5, 5.41) is 20.7. The van der Waals surface area contributed by atoms with Crippen LogP contribution in [0.5, 0.6) is 11.5 Å². The van der Waals surface area contributed by atoms with Gasteiger partial charge >= 0.3 is 30.4 Å². The maximum absolute atomic E-state index is 13.3. The number of benzene rings is 3. The van der Waals surface area contributed by atoms with Crippen LogP contribution in [0.25, 0.3) is 0 Å². The second-order valence-electron chi connectivity index (χ2n) is 17.6. The first-order valence-corrected chi connectivity index (χ1v) is 31.8. The first-order chi connectivity index (χ1) is 38.3. The van der Waals surface area contributed by atoms with Crippen LogP contribution in [0.4, 0.5) is 0 Å². The number of rotatable bonds is 43. The maximum atomic E-state index is 13.3. The fourth-order valence-electron chi connectivity index (χ4n) is 8.19. The summed E-state index contributed by atoms with van der Waals surface area (Å²) in [7, 11) is -0.617. The smallest absolute Gasteiger partial charge is 0.497 e. The average molecular weight is 1180 g/mol. The van der Waals surface area contributed by atoms with Gasteiger partial charge in [0.25, 0.3) is 0 Å². The second kappa shape index (κ2) is 37.1. The first-order valence-electron chi connectivity index (χ1n) is 26.1. The molecule has 0 radical (unpaired) electrons. The highest BCUT2D eigenvalue weighted by Gasteiger charge is 2.43. The monoisotopic (exact) mass is 1180 g/mol. The molecule has 1 N–H and O–H groups in total. The predicted molar refractivity (Wildman–Crippen MR) is 297 cm³/mol. The zero-order chi connectivity index (χ0) is 57.3. The number of ether oxygens (including phenoxy) is 6. The van der Waals surface area contributed by atoms with Gasteiger partial charge in [-0.3, -0.25) is 36.7 Å². The van der Waals surface area contributed by atoms with E-state index in [1.165, 1.54) is 21.3 Å². The van der Waals surface area contributed by atoms with Gasteiger partial charge in [0.05, 0.1) is 105 Å². The van der Waals surface area contributed by atoms with Crippen molar-refractivity contribution in [3.8, 4) is 23.6 Å². The number of phosphoric acid groups is 2. The molecule has 22 nitrogen and oxygen atoms in total. The van der Waals surface area contributed by atoms with E-state index in [1.54, 1.807) is 14.2 Å². The van der Waals surface area contributed by atoms with Crippen molar-refractivity contribution in [1.29, 1.82) is 10.5 Å². The van der Waals surface area contributed by atoms with Crippen molar-refractivity contribution in [1.82, 2.24) is 5.32 Å². The van der Waals surface area contributed by atoms with Gasteiger partial charge in [-0.25, -0.2) is 9.13 Å². The summed E-state index contributed by atoms with van der Waals surface area (Å²) in [5.41, 5.74) is 1.48. The third-order valence-corrected chi connectivity index (χ3v) is 18.7. The first kappa shape index (κ1) is 67.4. The van der Waals surface area contributed by atoms with Gasteiger partial charge in [-0.2, -0.15) is 19.6 Å². The Morgan fingerprint density at radius 2 is 1.18 bits per heavy atom. The molecular weight excluding hydrogens is 1100 g/mol. The number of nitriles is 2. The summed E-state index contributed by atoms with van der Waals surface area (Å²) in [6, 6.07) is 29.3. The summed E-state index contributed by atoms with van der Waals surface area (Å²) in [4.78, 5) is 26.1. The number of esters is 1. The van der Waals surface area contributed by atoms with Gasteiger partial charge in [0.1, 0.15) is 29.3 Å². The highest BCUT2D eigenvalue weighted by molar-refractivity contribution is 7.56. The maximum Gasteiger partial charge on any atom is 0.500 e. The predicted octanol–water partition coefficient (Wildman–Crippen LogP) is 8.15. The van der Waals surface area contributed by atoms with Crippen molar-refractivity contribution < 1.29 is 87.6 Å². The molecule has 3 aromatic carbocycles. The van der Waals surface area contributed by atoms with Crippen LogP contribution >= 0.6 is 24.8 Å². The molecule has 1 aliphatic heterocycles. The molecule has 0 bridgehead atoms. The van der Waals surface area contributed by atoms with Gasteiger partial charge in [-0.1, -0.05) is 67.4 Å². The van der Waals surface area contributed by atoms with Crippen molar-refractivity contribution >= 4 is 52.4 Å². The number of carbonyl (C=O) groups is 2. The summed E-state index contributed by atoms with van der Waals surface area (Å²) in [5.74, 6) is 0.585. The lowest BCUT2D eigenvalue weighted by Gasteiger charge is -2.37. The number of nitrogens with one attached hydrogen (secondary N) is 1. The van der Waals surface area contributed by atoms with Gasteiger partial charge in [-0.05, 0) is 60.2 Å². The fourth-order valence-corrected chi connectivity index (χ4v) is 12.6. The summed E-state index contributed by atoms with van der Waals surface area (Å²) >= 11 is 0. The number of unbranched alkanes of at least 4 members (excludes halogenated alkanes) is 3. The topological polar surface area (TPSA) is 266 Å². The van der Waals surface area contributed by atoms with E-state index in [-0.39, 0.29) is 97.1 Å². The van der Waals surface area contributed by atoms with E-state index in [0.717, 1.165) is 16.7 Å². The summed E-state index contributed by atoms with van der Waals surface area (Å²) in [6.45, 7) is 0.217. The zero-order valence-electron chi connectivity index (χ0n) is 45.9. The minimum Gasteiger partial charge on any atom is -0.497 e. The van der Waals surface area contributed by atoms with E-state index >= 15 is 0 Å². The fraction of sp³-hybridized carbons (Fsp3) is 0.577. The molecule has 0 aliphatic carbocycles. The quantitative estimate of drug-likeness (QED) is 0.0184. The normalized spacial score (nSPS) is 16.9. The third-order valence-electron chi connectivity index (χ3n) is 12.3. The van der Waals surface area contributed by atoms with Gasteiger partial charge in [0, 0.05) is 52.8 Å². The molecule has 1 saturated heterocycles. The minimum atomic E-state index is -4.05. The number of nitrogens with zero attached hydrogens (tertiary/aromatic N) is 2. The highest BCUT2D eigenvalue weighted by Crippen LogP contribution is 2.51. The van der Waals surface area contributed by atoms with Crippen molar-refractivity contribution in [3.05, 3.63) is 95.6 Å². The minimum absolute atomic E-state index is 0.0276. The number of phosphoric ester groups is 2. The van der Waals surface area contributed by atoms with Gasteiger partial charge in [0.2, 0.25) is 5.91 Å². The van der Waals surface area contributed by atoms with Crippen molar-refractivity contribution in [2.24, 2.45) is 0 Å². The summed E-state index contributed by atoms with van der Waals surface area (Å²) in [6.07, 6.45) is 1.91. The van der Waals surface area contributed by atoms with Crippen molar-refractivity contribution in [2.75, 3.05) is 102 Å². The summed E-state index contributed by atoms with van der Waals surface area (Å²) < 4.78 is 111. The van der Waals surface area contributed by atoms with Gasteiger partial charge < -0.3 is 47.0 Å². The Morgan fingerprint density at radius 1 is 0.671 bits per heavy atom. The number of hydrogen-bond acceptors (Lipinski definition) is 21. The van der Waals surface area contributed by atoms with Crippen LogP contribution < -0.4 is 14.8 Å².